The normalized spacial score (nSPS) is 10.8. The molecule has 0 saturated heterocycles. The highest BCUT2D eigenvalue weighted by molar-refractivity contribution is 6.31. The number of alkyl halides is 2. The van der Waals surface area contributed by atoms with Crippen molar-refractivity contribution >= 4 is 23.2 Å². The van der Waals surface area contributed by atoms with E-state index in [-0.39, 0.29) is 11.7 Å². The molecule has 0 radical (unpaired) electrons. The second-order valence-corrected chi connectivity index (χ2v) is 5.78. The van der Waals surface area contributed by atoms with Gasteiger partial charge in [0, 0.05) is 16.8 Å². The Morgan fingerprint density at radius 1 is 1.19 bits per heavy atom. The molecule has 5 nitrogen and oxygen atoms in total. The average Bonchev–Trinajstić information content (AvgIpc) is 3.04. The Labute approximate surface area is 153 Å². The first-order valence-corrected chi connectivity index (χ1v) is 8.01. The molecule has 0 saturated carbocycles. The number of nitrogens with one attached hydrogen (secondary N) is 1. The number of benzene rings is 2. The van der Waals surface area contributed by atoms with E-state index in [1.165, 1.54) is 30.5 Å². The van der Waals surface area contributed by atoms with Gasteiger partial charge in [-0.05, 0) is 35.9 Å². The summed E-state index contributed by atoms with van der Waals surface area (Å²) in [5, 5.41) is 7.52. The van der Waals surface area contributed by atoms with Crippen molar-refractivity contribution in [1.82, 2.24) is 9.78 Å². The van der Waals surface area contributed by atoms with E-state index in [0.717, 1.165) is 5.56 Å². The second kappa shape index (κ2) is 7.97. The summed E-state index contributed by atoms with van der Waals surface area (Å²) < 4.78 is 30.2. The van der Waals surface area contributed by atoms with Crippen molar-refractivity contribution in [3.63, 3.8) is 0 Å². The summed E-state index contributed by atoms with van der Waals surface area (Å²) in [5.41, 5.74) is 1.73. The number of carbonyl (C=O) groups excluding carboxylic acids is 1. The number of aromatic nitrogens is 2. The van der Waals surface area contributed by atoms with E-state index in [1.54, 1.807) is 16.9 Å². The maximum atomic E-state index is 12.2. The van der Waals surface area contributed by atoms with Crippen LogP contribution in [0.4, 0.5) is 14.5 Å². The molecule has 0 spiro atoms. The quantitative estimate of drug-likeness (QED) is 0.691. The molecule has 0 aliphatic carbocycles. The first-order chi connectivity index (χ1) is 12.5. The van der Waals surface area contributed by atoms with Gasteiger partial charge in [0.15, 0.2) is 0 Å². The van der Waals surface area contributed by atoms with Gasteiger partial charge in [-0.15, -0.1) is 0 Å². The predicted molar refractivity (Wildman–Crippen MR) is 93.8 cm³/mol. The molecule has 0 fully saturated rings. The van der Waals surface area contributed by atoms with Crippen molar-refractivity contribution in [3.05, 3.63) is 77.1 Å². The molecule has 2 aromatic carbocycles. The molecule has 1 N–H and O–H groups in total. The van der Waals surface area contributed by atoms with Crippen LogP contribution in [0, 0.1) is 0 Å². The lowest BCUT2D eigenvalue weighted by Gasteiger charge is -2.06. The Morgan fingerprint density at radius 2 is 1.92 bits per heavy atom. The molecule has 26 heavy (non-hydrogen) atoms. The van der Waals surface area contributed by atoms with Crippen molar-refractivity contribution in [2.24, 2.45) is 0 Å². The van der Waals surface area contributed by atoms with Crippen LogP contribution < -0.4 is 10.1 Å². The van der Waals surface area contributed by atoms with Gasteiger partial charge in [-0.1, -0.05) is 29.8 Å². The Bertz CT molecular complexity index is 897. The number of hydrogen-bond acceptors (Lipinski definition) is 3. The van der Waals surface area contributed by atoms with Crippen LogP contribution in [0.2, 0.25) is 5.02 Å². The predicted octanol–water partition coefficient (Wildman–Crippen LogP) is 4.44. The third-order valence-electron chi connectivity index (χ3n) is 3.52. The smallest absolute Gasteiger partial charge is 0.387 e. The maximum Gasteiger partial charge on any atom is 0.387 e. The maximum absolute atomic E-state index is 12.2. The SMILES string of the molecule is O=C(Nc1cnn(Cc2ccccc2Cl)c1)c1ccc(OC(F)F)cc1. The van der Waals surface area contributed by atoms with Gasteiger partial charge in [0.25, 0.3) is 5.91 Å². The minimum Gasteiger partial charge on any atom is -0.435 e. The van der Waals surface area contributed by atoms with Crippen molar-refractivity contribution in [1.29, 1.82) is 0 Å². The number of anilines is 1. The number of amides is 1. The first kappa shape index (κ1) is 17.9. The summed E-state index contributed by atoms with van der Waals surface area (Å²) in [5.74, 6) is -0.394. The van der Waals surface area contributed by atoms with Crippen molar-refractivity contribution in [2.75, 3.05) is 5.32 Å². The van der Waals surface area contributed by atoms with E-state index in [1.807, 2.05) is 18.2 Å². The fraction of sp³-hybridized carbons (Fsp3) is 0.111. The topological polar surface area (TPSA) is 56.2 Å². The fourth-order valence-corrected chi connectivity index (χ4v) is 2.50. The Hall–Kier alpha value is -2.93. The van der Waals surface area contributed by atoms with Crippen LogP contribution in [0.15, 0.2) is 60.9 Å². The first-order valence-electron chi connectivity index (χ1n) is 7.63. The summed E-state index contributed by atoms with van der Waals surface area (Å²) >= 11 is 6.12. The van der Waals surface area contributed by atoms with Gasteiger partial charge in [0.2, 0.25) is 0 Å². The third-order valence-corrected chi connectivity index (χ3v) is 3.89. The summed E-state index contributed by atoms with van der Waals surface area (Å²) in [6.45, 7) is -2.44. The zero-order valence-corrected chi connectivity index (χ0v) is 14.2. The van der Waals surface area contributed by atoms with Gasteiger partial charge >= 0.3 is 6.61 Å². The monoisotopic (exact) mass is 377 g/mol. The largest absolute Gasteiger partial charge is 0.435 e. The van der Waals surface area contributed by atoms with E-state index in [2.05, 4.69) is 15.2 Å². The lowest BCUT2D eigenvalue weighted by Crippen LogP contribution is -2.11. The van der Waals surface area contributed by atoms with Crippen molar-refractivity contribution in [3.8, 4) is 5.75 Å². The Morgan fingerprint density at radius 3 is 2.62 bits per heavy atom. The van der Waals surface area contributed by atoms with Crippen molar-refractivity contribution in [2.45, 2.75) is 13.2 Å². The summed E-state index contributed by atoms with van der Waals surface area (Å²) in [6, 6.07) is 12.8. The van der Waals surface area contributed by atoms with Gasteiger partial charge in [-0.3, -0.25) is 9.48 Å². The number of carbonyl (C=O) groups is 1. The number of rotatable bonds is 6. The van der Waals surface area contributed by atoms with E-state index >= 15 is 0 Å². The Kier molecular flexibility index (Phi) is 5.48. The van der Waals surface area contributed by atoms with Gasteiger partial charge in [-0.25, -0.2) is 0 Å². The summed E-state index contributed by atoms with van der Waals surface area (Å²) in [7, 11) is 0. The van der Waals surface area contributed by atoms with Crippen LogP contribution in [0.1, 0.15) is 15.9 Å². The molecule has 1 amide bonds. The highest BCUT2D eigenvalue weighted by Gasteiger charge is 2.10. The highest BCUT2D eigenvalue weighted by atomic mass is 35.5. The lowest BCUT2D eigenvalue weighted by molar-refractivity contribution is -0.0498. The standard InChI is InChI=1S/C18H14ClF2N3O2/c19-16-4-2-1-3-13(16)10-24-11-14(9-22-24)23-17(25)12-5-7-15(8-6-12)26-18(20)21/h1-9,11,18H,10H2,(H,23,25). The van der Waals surface area contributed by atoms with E-state index in [9.17, 15) is 13.6 Å². The van der Waals surface area contributed by atoms with Gasteiger partial charge in [0.1, 0.15) is 5.75 Å². The molecule has 134 valence electrons. The third kappa shape index (κ3) is 4.58. The van der Waals surface area contributed by atoms with Gasteiger partial charge in [-0.2, -0.15) is 13.9 Å². The lowest BCUT2D eigenvalue weighted by atomic mass is 10.2. The zero-order valence-electron chi connectivity index (χ0n) is 13.4. The molecule has 0 aliphatic rings. The molecular weight excluding hydrogens is 364 g/mol. The molecule has 1 aromatic heterocycles. The summed E-state index contributed by atoms with van der Waals surface area (Å²) in [6.07, 6.45) is 3.19. The van der Waals surface area contributed by atoms with Crippen LogP contribution >= 0.6 is 11.6 Å². The molecule has 0 atom stereocenters. The average molecular weight is 378 g/mol. The second-order valence-electron chi connectivity index (χ2n) is 5.38. The van der Waals surface area contributed by atoms with Crippen LogP contribution in [0.3, 0.4) is 0 Å². The minimum absolute atomic E-state index is 0.0101. The molecule has 3 aromatic rings. The number of halogens is 3. The van der Waals surface area contributed by atoms with Crippen LogP contribution in [-0.4, -0.2) is 22.3 Å². The highest BCUT2D eigenvalue weighted by Crippen LogP contribution is 2.18. The van der Waals surface area contributed by atoms with Crippen molar-refractivity contribution < 1.29 is 18.3 Å². The summed E-state index contributed by atoms with van der Waals surface area (Å²) in [4.78, 5) is 12.2. The fourth-order valence-electron chi connectivity index (χ4n) is 2.31. The van der Waals surface area contributed by atoms with Gasteiger partial charge < -0.3 is 10.1 Å². The van der Waals surface area contributed by atoms with Gasteiger partial charge in [0.05, 0.1) is 18.4 Å². The van der Waals surface area contributed by atoms with E-state index in [4.69, 9.17) is 11.6 Å². The minimum atomic E-state index is -2.90. The number of ether oxygens (including phenoxy) is 1. The molecule has 8 heteroatoms. The van der Waals surface area contributed by atoms with Crippen LogP contribution in [0.25, 0.3) is 0 Å². The van der Waals surface area contributed by atoms with Crippen LogP contribution in [0.5, 0.6) is 5.75 Å². The molecule has 0 aliphatic heterocycles. The molecule has 0 bridgehead atoms. The van der Waals surface area contributed by atoms with E-state index in [0.29, 0.717) is 22.8 Å². The van der Waals surface area contributed by atoms with Crippen LogP contribution in [-0.2, 0) is 6.54 Å². The molecule has 3 rings (SSSR count). The van der Waals surface area contributed by atoms with E-state index < -0.39 is 6.61 Å². The molecular formula is C18H14ClF2N3O2. The zero-order chi connectivity index (χ0) is 18.5. The number of hydrogen-bond donors (Lipinski definition) is 1. The molecule has 1 heterocycles. The Balaban J connectivity index is 1.63. The molecule has 0 unspecified atom stereocenters. The number of nitrogens with zero attached hydrogens (tertiary/aromatic N) is 2.